The van der Waals surface area contributed by atoms with Crippen molar-refractivity contribution in [3.05, 3.63) is 42.0 Å². The van der Waals surface area contributed by atoms with Crippen molar-refractivity contribution in [1.29, 1.82) is 0 Å². The van der Waals surface area contributed by atoms with Gasteiger partial charge in [-0.25, -0.2) is 17.9 Å². The van der Waals surface area contributed by atoms with Gasteiger partial charge in [-0.05, 0) is 24.3 Å². The van der Waals surface area contributed by atoms with Gasteiger partial charge in [0.25, 0.3) is 0 Å². The Hall–Kier alpha value is -1.93. The number of benzene rings is 1. The van der Waals surface area contributed by atoms with E-state index < -0.39 is 15.8 Å². The van der Waals surface area contributed by atoms with Crippen LogP contribution in [0.25, 0.3) is 0 Å². The highest BCUT2D eigenvalue weighted by Gasteiger charge is 2.11. The van der Waals surface area contributed by atoms with Gasteiger partial charge in [0.1, 0.15) is 5.82 Å². The van der Waals surface area contributed by atoms with E-state index in [0.717, 1.165) is 11.8 Å². The van der Waals surface area contributed by atoms with Crippen LogP contribution in [0.1, 0.15) is 5.69 Å². The molecule has 0 aliphatic carbocycles. The Balaban J connectivity index is 2.00. The second-order valence-corrected chi connectivity index (χ2v) is 5.91. The number of anilines is 1. The molecular formula is C12H15FN4O2S. The first kappa shape index (κ1) is 14.5. The van der Waals surface area contributed by atoms with Crippen LogP contribution >= 0.6 is 0 Å². The molecule has 0 bridgehead atoms. The molecule has 0 fully saturated rings. The quantitative estimate of drug-likeness (QED) is 0.856. The molecule has 0 aliphatic heterocycles. The van der Waals surface area contributed by atoms with E-state index in [0.29, 0.717) is 13.0 Å². The number of aromatic nitrogens is 2. The molecular weight excluding hydrogens is 283 g/mol. The predicted octanol–water partition coefficient (Wildman–Crippen LogP) is 0.861. The van der Waals surface area contributed by atoms with Gasteiger partial charge in [-0.3, -0.25) is 4.68 Å². The summed E-state index contributed by atoms with van der Waals surface area (Å²) >= 11 is 0. The number of hydrogen-bond acceptors (Lipinski definition) is 4. The highest BCUT2D eigenvalue weighted by atomic mass is 32.2. The van der Waals surface area contributed by atoms with Gasteiger partial charge in [-0.1, -0.05) is 0 Å². The third-order valence-corrected chi connectivity index (χ3v) is 3.65. The average Bonchev–Trinajstić information content (AvgIpc) is 2.76. The van der Waals surface area contributed by atoms with Crippen molar-refractivity contribution in [2.45, 2.75) is 11.3 Å². The number of nitrogens with zero attached hydrogens (tertiary/aromatic N) is 2. The maximum atomic E-state index is 13.7. The summed E-state index contributed by atoms with van der Waals surface area (Å²) in [5, 5.41) is 12.0. The molecule has 0 saturated heterocycles. The summed E-state index contributed by atoms with van der Waals surface area (Å²) in [6.07, 6.45) is 2.47. The Labute approximate surface area is 116 Å². The second kappa shape index (κ2) is 5.59. The largest absolute Gasteiger partial charge is 0.382 e. The maximum absolute atomic E-state index is 13.7. The fourth-order valence-electron chi connectivity index (χ4n) is 1.74. The monoisotopic (exact) mass is 298 g/mol. The Morgan fingerprint density at radius 2 is 2.15 bits per heavy atom. The summed E-state index contributed by atoms with van der Waals surface area (Å²) in [5.74, 6) is -0.655. The van der Waals surface area contributed by atoms with Crippen LogP contribution in [0.5, 0.6) is 0 Å². The number of halogens is 1. The smallest absolute Gasteiger partial charge is 0.238 e. The van der Waals surface area contributed by atoms with E-state index in [2.05, 4.69) is 10.4 Å². The van der Waals surface area contributed by atoms with Crippen molar-refractivity contribution in [3.63, 3.8) is 0 Å². The molecule has 1 aromatic carbocycles. The number of nitrogens with two attached hydrogens (primary N) is 1. The minimum absolute atomic E-state index is 0.230. The van der Waals surface area contributed by atoms with Gasteiger partial charge in [0, 0.05) is 26.2 Å². The van der Waals surface area contributed by atoms with Crippen LogP contribution in [0.15, 0.2) is 35.4 Å². The molecule has 108 valence electrons. The van der Waals surface area contributed by atoms with E-state index in [1.165, 1.54) is 12.1 Å². The molecule has 0 radical (unpaired) electrons. The van der Waals surface area contributed by atoms with E-state index in [4.69, 9.17) is 5.14 Å². The van der Waals surface area contributed by atoms with Gasteiger partial charge in [-0.15, -0.1) is 0 Å². The molecule has 0 amide bonds. The van der Waals surface area contributed by atoms with Crippen molar-refractivity contribution < 1.29 is 12.8 Å². The molecule has 2 aromatic rings. The summed E-state index contributed by atoms with van der Waals surface area (Å²) < 4.78 is 37.6. The fourth-order valence-corrected chi connectivity index (χ4v) is 2.26. The normalized spacial score (nSPS) is 11.6. The van der Waals surface area contributed by atoms with Crippen molar-refractivity contribution in [2.24, 2.45) is 12.2 Å². The lowest BCUT2D eigenvalue weighted by molar-refractivity contribution is 0.593. The van der Waals surface area contributed by atoms with Gasteiger partial charge >= 0.3 is 0 Å². The van der Waals surface area contributed by atoms with Crippen molar-refractivity contribution in [2.75, 3.05) is 11.9 Å². The number of aryl methyl sites for hydroxylation is 1. The molecule has 20 heavy (non-hydrogen) atoms. The van der Waals surface area contributed by atoms with E-state index in [9.17, 15) is 12.8 Å². The molecule has 3 N–H and O–H groups in total. The average molecular weight is 298 g/mol. The summed E-state index contributed by atoms with van der Waals surface area (Å²) in [5.41, 5.74) is 1.12. The molecule has 1 aromatic heterocycles. The lowest BCUT2D eigenvalue weighted by atomic mass is 10.2. The Morgan fingerprint density at radius 1 is 1.40 bits per heavy atom. The molecule has 6 nitrogen and oxygen atoms in total. The van der Waals surface area contributed by atoms with Crippen molar-refractivity contribution in [1.82, 2.24) is 9.78 Å². The number of primary sulfonamides is 1. The van der Waals surface area contributed by atoms with Gasteiger partial charge in [0.2, 0.25) is 10.0 Å². The highest BCUT2D eigenvalue weighted by Crippen LogP contribution is 2.18. The molecule has 0 aliphatic rings. The zero-order valence-electron chi connectivity index (χ0n) is 10.9. The summed E-state index contributed by atoms with van der Waals surface area (Å²) in [6.45, 7) is 0.489. The summed E-state index contributed by atoms with van der Waals surface area (Å²) in [6, 6.07) is 5.40. The van der Waals surface area contributed by atoms with Crippen molar-refractivity contribution in [3.8, 4) is 0 Å². The maximum Gasteiger partial charge on any atom is 0.238 e. The fraction of sp³-hybridized carbons (Fsp3) is 0.250. The van der Waals surface area contributed by atoms with Crippen LogP contribution in [-0.4, -0.2) is 24.7 Å². The van der Waals surface area contributed by atoms with E-state index in [-0.39, 0.29) is 10.6 Å². The lowest BCUT2D eigenvalue weighted by Gasteiger charge is -2.07. The van der Waals surface area contributed by atoms with E-state index in [1.54, 1.807) is 4.68 Å². The Kier molecular flexibility index (Phi) is 4.05. The number of rotatable bonds is 5. The van der Waals surface area contributed by atoms with Gasteiger partial charge in [0.05, 0.1) is 16.3 Å². The lowest BCUT2D eigenvalue weighted by Crippen LogP contribution is -2.13. The summed E-state index contributed by atoms with van der Waals surface area (Å²) in [7, 11) is -2.06. The van der Waals surface area contributed by atoms with Crippen LogP contribution in [0.2, 0.25) is 0 Å². The first-order valence-electron chi connectivity index (χ1n) is 5.91. The third-order valence-electron chi connectivity index (χ3n) is 2.73. The first-order valence-corrected chi connectivity index (χ1v) is 7.45. The number of sulfonamides is 1. The third kappa shape index (κ3) is 3.55. The Bertz CT molecular complexity index is 712. The topological polar surface area (TPSA) is 90.0 Å². The highest BCUT2D eigenvalue weighted by molar-refractivity contribution is 7.89. The molecule has 8 heteroatoms. The van der Waals surface area contributed by atoms with E-state index in [1.807, 2.05) is 19.3 Å². The molecule has 0 saturated carbocycles. The van der Waals surface area contributed by atoms with Crippen LogP contribution in [0.4, 0.5) is 10.1 Å². The van der Waals surface area contributed by atoms with Crippen LogP contribution < -0.4 is 10.5 Å². The minimum Gasteiger partial charge on any atom is -0.382 e. The molecule has 1 heterocycles. The molecule has 0 unspecified atom stereocenters. The molecule has 0 atom stereocenters. The van der Waals surface area contributed by atoms with Crippen molar-refractivity contribution >= 4 is 15.7 Å². The molecule has 0 spiro atoms. The number of nitrogens with one attached hydrogen (secondary N) is 1. The zero-order chi connectivity index (χ0) is 14.8. The van der Waals surface area contributed by atoms with Crippen LogP contribution in [0, 0.1) is 5.82 Å². The Morgan fingerprint density at radius 3 is 2.70 bits per heavy atom. The predicted molar refractivity (Wildman–Crippen MR) is 73.2 cm³/mol. The van der Waals surface area contributed by atoms with Gasteiger partial charge < -0.3 is 5.32 Å². The zero-order valence-corrected chi connectivity index (χ0v) is 11.7. The van der Waals surface area contributed by atoms with Gasteiger partial charge in [-0.2, -0.15) is 5.10 Å². The van der Waals surface area contributed by atoms with Crippen LogP contribution in [0.3, 0.4) is 0 Å². The summed E-state index contributed by atoms with van der Waals surface area (Å²) in [4.78, 5) is -0.245. The minimum atomic E-state index is -3.88. The molecule has 2 rings (SSSR count). The SMILES string of the molecule is Cn1ccc(CCNc2ccc(S(N)(=O)=O)cc2F)n1. The first-order chi connectivity index (χ1) is 9.36. The van der Waals surface area contributed by atoms with Gasteiger partial charge in [0.15, 0.2) is 0 Å². The number of hydrogen-bond donors (Lipinski definition) is 2. The van der Waals surface area contributed by atoms with E-state index >= 15 is 0 Å². The van der Waals surface area contributed by atoms with Crippen LogP contribution in [-0.2, 0) is 23.5 Å². The standard InChI is InChI=1S/C12H15FN4O2S/c1-17-7-5-9(16-17)4-6-15-12-3-2-10(8-11(12)13)20(14,18)19/h2-3,5,7-8,15H,4,6H2,1H3,(H2,14,18,19). The second-order valence-electron chi connectivity index (χ2n) is 4.34.